The molecule has 0 radical (unpaired) electrons. The maximum Gasteiger partial charge on any atom is 0.258 e. The summed E-state index contributed by atoms with van der Waals surface area (Å²) in [5.41, 5.74) is 2.77. The first-order chi connectivity index (χ1) is 11.0. The lowest BCUT2D eigenvalue weighted by Crippen LogP contribution is -2.27. The third kappa shape index (κ3) is 3.42. The van der Waals surface area contributed by atoms with Gasteiger partial charge in [0.2, 0.25) is 5.95 Å². The van der Waals surface area contributed by atoms with Crippen LogP contribution in [-0.4, -0.2) is 33.8 Å². The van der Waals surface area contributed by atoms with Gasteiger partial charge in [-0.1, -0.05) is 17.7 Å². The zero-order chi connectivity index (χ0) is 16.4. The molecule has 1 aliphatic heterocycles. The largest absolute Gasteiger partial charge is 0.317 e. The van der Waals surface area contributed by atoms with Crippen molar-refractivity contribution in [2.75, 3.05) is 18.4 Å². The van der Waals surface area contributed by atoms with Gasteiger partial charge in [0.15, 0.2) is 5.82 Å². The summed E-state index contributed by atoms with van der Waals surface area (Å²) in [5.74, 6) is 1.55. The Balaban J connectivity index is 1.77. The standard InChI is InChI=1S/C17H23N5O/c1-11-4-5-14(12(2)10-11)16(23)20-17-19-15(21-22(17)3)13-6-8-18-9-7-13/h4-5,10,13,18H,6-9H2,1-3H3,(H,19,20,21,23). The van der Waals surface area contributed by atoms with Gasteiger partial charge in [0, 0.05) is 18.5 Å². The molecular weight excluding hydrogens is 290 g/mol. The van der Waals surface area contributed by atoms with Crippen molar-refractivity contribution in [3.8, 4) is 0 Å². The number of aryl methyl sites for hydroxylation is 3. The molecule has 122 valence electrons. The summed E-state index contributed by atoms with van der Waals surface area (Å²) in [7, 11) is 1.81. The molecule has 1 aliphatic rings. The highest BCUT2D eigenvalue weighted by Gasteiger charge is 2.21. The van der Waals surface area contributed by atoms with Crippen molar-refractivity contribution in [2.45, 2.75) is 32.6 Å². The van der Waals surface area contributed by atoms with Crippen LogP contribution in [0.4, 0.5) is 5.95 Å². The molecule has 1 aromatic heterocycles. The number of anilines is 1. The van der Waals surface area contributed by atoms with E-state index >= 15 is 0 Å². The number of nitrogens with one attached hydrogen (secondary N) is 2. The molecule has 0 spiro atoms. The summed E-state index contributed by atoms with van der Waals surface area (Å²) >= 11 is 0. The molecule has 2 heterocycles. The van der Waals surface area contributed by atoms with Gasteiger partial charge < -0.3 is 5.32 Å². The number of amides is 1. The number of carbonyl (C=O) groups is 1. The molecule has 6 heteroatoms. The minimum Gasteiger partial charge on any atom is -0.317 e. The van der Waals surface area contributed by atoms with E-state index in [0.717, 1.165) is 42.9 Å². The van der Waals surface area contributed by atoms with Gasteiger partial charge in [-0.25, -0.2) is 4.68 Å². The quantitative estimate of drug-likeness (QED) is 0.911. The third-order valence-electron chi connectivity index (χ3n) is 4.34. The lowest BCUT2D eigenvalue weighted by atomic mass is 9.98. The molecule has 0 atom stereocenters. The predicted molar refractivity (Wildman–Crippen MR) is 89.7 cm³/mol. The highest BCUT2D eigenvalue weighted by molar-refractivity contribution is 6.04. The molecule has 6 nitrogen and oxygen atoms in total. The SMILES string of the molecule is Cc1ccc(C(=O)Nc2nc(C3CCNCC3)nn2C)c(C)c1. The van der Waals surface area contributed by atoms with E-state index in [1.807, 2.05) is 39.1 Å². The van der Waals surface area contributed by atoms with E-state index in [2.05, 4.69) is 20.7 Å². The van der Waals surface area contributed by atoms with Gasteiger partial charge in [0.1, 0.15) is 0 Å². The molecule has 1 fully saturated rings. The van der Waals surface area contributed by atoms with Crippen molar-refractivity contribution in [1.29, 1.82) is 0 Å². The van der Waals surface area contributed by atoms with Crippen molar-refractivity contribution >= 4 is 11.9 Å². The zero-order valence-corrected chi connectivity index (χ0v) is 13.9. The van der Waals surface area contributed by atoms with E-state index < -0.39 is 0 Å². The number of hydrogen-bond donors (Lipinski definition) is 2. The summed E-state index contributed by atoms with van der Waals surface area (Å²) in [6, 6.07) is 5.80. The zero-order valence-electron chi connectivity index (χ0n) is 13.9. The van der Waals surface area contributed by atoms with E-state index in [0.29, 0.717) is 17.4 Å². The first kappa shape index (κ1) is 15.7. The summed E-state index contributed by atoms with van der Waals surface area (Å²) in [6.45, 7) is 5.95. The highest BCUT2D eigenvalue weighted by Crippen LogP contribution is 2.23. The molecule has 23 heavy (non-hydrogen) atoms. The lowest BCUT2D eigenvalue weighted by Gasteiger charge is -2.19. The van der Waals surface area contributed by atoms with Crippen molar-refractivity contribution in [1.82, 2.24) is 20.1 Å². The summed E-state index contributed by atoms with van der Waals surface area (Å²) in [5, 5.41) is 10.7. The Hall–Kier alpha value is -2.21. The fourth-order valence-electron chi connectivity index (χ4n) is 3.00. The molecule has 1 aromatic carbocycles. The van der Waals surface area contributed by atoms with Crippen LogP contribution in [0.15, 0.2) is 18.2 Å². The second-order valence-electron chi connectivity index (χ2n) is 6.21. The van der Waals surface area contributed by atoms with Crippen LogP contribution >= 0.6 is 0 Å². The molecule has 0 aliphatic carbocycles. The van der Waals surface area contributed by atoms with Gasteiger partial charge in [0.25, 0.3) is 5.91 Å². The number of piperidine rings is 1. The van der Waals surface area contributed by atoms with Crippen LogP contribution in [0.25, 0.3) is 0 Å². The van der Waals surface area contributed by atoms with Crippen LogP contribution in [-0.2, 0) is 7.05 Å². The molecule has 1 amide bonds. The number of hydrogen-bond acceptors (Lipinski definition) is 4. The fraction of sp³-hybridized carbons (Fsp3) is 0.471. The number of carbonyl (C=O) groups excluding carboxylic acids is 1. The molecule has 2 N–H and O–H groups in total. The normalized spacial score (nSPS) is 15.6. The predicted octanol–water partition coefficient (Wildman–Crippen LogP) is 2.15. The van der Waals surface area contributed by atoms with Crippen LogP contribution in [0.5, 0.6) is 0 Å². The Morgan fingerprint density at radius 1 is 1.30 bits per heavy atom. The van der Waals surface area contributed by atoms with Crippen LogP contribution in [0.3, 0.4) is 0 Å². The molecule has 1 saturated heterocycles. The summed E-state index contributed by atoms with van der Waals surface area (Å²) < 4.78 is 1.65. The minimum atomic E-state index is -0.144. The second kappa shape index (κ2) is 6.50. The monoisotopic (exact) mass is 313 g/mol. The van der Waals surface area contributed by atoms with Gasteiger partial charge >= 0.3 is 0 Å². The van der Waals surface area contributed by atoms with Crippen LogP contribution in [0.1, 0.15) is 46.1 Å². The average molecular weight is 313 g/mol. The highest BCUT2D eigenvalue weighted by atomic mass is 16.1. The lowest BCUT2D eigenvalue weighted by molar-refractivity contribution is 0.102. The van der Waals surface area contributed by atoms with Gasteiger partial charge in [0.05, 0.1) is 0 Å². The smallest absolute Gasteiger partial charge is 0.258 e. The fourth-order valence-corrected chi connectivity index (χ4v) is 3.00. The van der Waals surface area contributed by atoms with E-state index in [1.165, 1.54) is 0 Å². The van der Waals surface area contributed by atoms with Crippen molar-refractivity contribution in [3.63, 3.8) is 0 Å². The molecule has 0 unspecified atom stereocenters. The average Bonchev–Trinajstić information content (AvgIpc) is 2.89. The Labute approximate surface area is 136 Å². The van der Waals surface area contributed by atoms with Crippen molar-refractivity contribution < 1.29 is 4.79 Å². The Kier molecular flexibility index (Phi) is 4.43. The van der Waals surface area contributed by atoms with E-state index in [4.69, 9.17) is 0 Å². The molecule has 2 aromatic rings. The Morgan fingerprint density at radius 2 is 2.04 bits per heavy atom. The van der Waals surface area contributed by atoms with Gasteiger partial charge in [-0.05, 0) is 51.4 Å². The molecule has 3 rings (SSSR count). The minimum absolute atomic E-state index is 0.144. The van der Waals surface area contributed by atoms with Crippen LogP contribution in [0, 0.1) is 13.8 Å². The first-order valence-corrected chi connectivity index (χ1v) is 8.05. The van der Waals surface area contributed by atoms with E-state index in [9.17, 15) is 4.79 Å². The summed E-state index contributed by atoms with van der Waals surface area (Å²) in [6.07, 6.45) is 2.07. The maximum atomic E-state index is 12.5. The maximum absolute atomic E-state index is 12.5. The van der Waals surface area contributed by atoms with Gasteiger partial charge in [-0.2, -0.15) is 10.1 Å². The van der Waals surface area contributed by atoms with E-state index in [-0.39, 0.29) is 5.91 Å². The Morgan fingerprint density at radius 3 is 2.74 bits per heavy atom. The summed E-state index contributed by atoms with van der Waals surface area (Å²) in [4.78, 5) is 17.0. The number of benzene rings is 1. The van der Waals surface area contributed by atoms with Crippen LogP contribution in [0.2, 0.25) is 0 Å². The van der Waals surface area contributed by atoms with Crippen LogP contribution < -0.4 is 10.6 Å². The molecule has 0 bridgehead atoms. The molecule has 0 saturated carbocycles. The third-order valence-corrected chi connectivity index (χ3v) is 4.34. The topological polar surface area (TPSA) is 71.8 Å². The van der Waals surface area contributed by atoms with E-state index in [1.54, 1.807) is 4.68 Å². The Bertz CT molecular complexity index is 716. The number of aromatic nitrogens is 3. The second-order valence-corrected chi connectivity index (χ2v) is 6.21. The van der Waals surface area contributed by atoms with Gasteiger partial charge in [-0.3, -0.25) is 10.1 Å². The van der Waals surface area contributed by atoms with Crippen molar-refractivity contribution in [2.24, 2.45) is 7.05 Å². The number of rotatable bonds is 3. The molecular formula is C17H23N5O. The first-order valence-electron chi connectivity index (χ1n) is 8.05. The van der Waals surface area contributed by atoms with Gasteiger partial charge in [-0.15, -0.1) is 0 Å². The van der Waals surface area contributed by atoms with Crippen molar-refractivity contribution in [3.05, 3.63) is 40.7 Å². The number of nitrogens with zero attached hydrogens (tertiary/aromatic N) is 3.